The van der Waals surface area contributed by atoms with Crippen LogP contribution in [0.2, 0.25) is 0 Å². The Hall–Kier alpha value is -5.18. The summed E-state index contributed by atoms with van der Waals surface area (Å²) in [5, 5.41) is 24.2. The van der Waals surface area contributed by atoms with E-state index in [1.54, 1.807) is 60.7 Å². The Morgan fingerprint density at radius 3 is 2.18 bits per heavy atom. The number of hydrogen-bond acceptors (Lipinski definition) is 5. The van der Waals surface area contributed by atoms with Crippen LogP contribution in [-0.2, 0) is 16.0 Å². The van der Waals surface area contributed by atoms with Gasteiger partial charge in [0.2, 0.25) is 0 Å². The molecule has 6 N–H and O–H groups in total. The second kappa shape index (κ2) is 11.7. The van der Waals surface area contributed by atoms with Crippen LogP contribution >= 0.6 is 0 Å². The highest BCUT2D eigenvalue weighted by atomic mass is 16.5. The Bertz CT molecular complexity index is 1480. The van der Waals surface area contributed by atoms with Crippen molar-refractivity contribution in [2.45, 2.75) is 12.5 Å². The molecule has 0 saturated carbocycles. The molecule has 0 aliphatic carbocycles. The second-order valence-electron chi connectivity index (χ2n) is 8.60. The number of fused-ring (bicyclic) bond motifs is 1. The van der Waals surface area contributed by atoms with Crippen molar-refractivity contribution in [3.63, 3.8) is 0 Å². The monoisotopic (exact) mass is 510 g/mol. The summed E-state index contributed by atoms with van der Waals surface area (Å²) in [4.78, 5) is 36.7. The van der Waals surface area contributed by atoms with Crippen molar-refractivity contribution in [1.29, 1.82) is 5.41 Å². The van der Waals surface area contributed by atoms with E-state index in [4.69, 9.17) is 15.9 Å². The average molecular weight is 511 g/mol. The number of carboxylic acids is 1. The number of ether oxygens (including phenoxy) is 1. The molecule has 0 saturated heterocycles. The number of anilines is 1. The van der Waals surface area contributed by atoms with Crippen LogP contribution < -0.4 is 21.1 Å². The molecule has 9 nitrogen and oxygen atoms in total. The van der Waals surface area contributed by atoms with Crippen molar-refractivity contribution in [2.75, 3.05) is 11.9 Å². The van der Waals surface area contributed by atoms with E-state index in [2.05, 4.69) is 10.6 Å². The number of carbonyl (C=O) groups is 3. The number of nitrogens with two attached hydrogens (primary N) is 1. The molecule has 4 aromatic rings. The standard InChI is InChI=1S/C29H26N4O5/c30-27(31)20-9-11-23(12-10-20)32-26(34)17-38-24-13-5-18(6-14-24)15-25(29(36)37)33-28(35)22-8-7-19-3-1-2-4-21(19)16-22/h1-14,16,25H,15,17H2,(H3,30,31)(H,32,34)(H,33,35)(H,36,37)/t25-/m0/s1. The lowest BCUT2D eigenvalue weighted by atomic mass is 10.0. The van der Waals surface area contributed by atoms with Crippen LogP contribution in [0.15, 0.2) is 91.0 Å². The molecule has 9 heteroatoms. The molecule has 192 valence electrons. The quantitative estimate of drug-likeness (QED) is 0.162. The van der Waals surface area contributed by atoms with Crippen LogP contribution in [0.1, 0.15) is 21.5 Å². The molecule has 4 rings (SSSR count). The second-order valence-corrected chi connectivity index (χ2v) is 8.60. The zero-order chi connectivity index (χ0) is 27.1. The predicted octanol–water partition coefficient (Wildman–Crippen LogP) is 3.57. The number of nitrogens with one attached hydrogen (secondary N) is 3. The van der Waals surface area contributed by atoms with Crippen molar-refractivity contribution < 1.29 is 24.2 Å². The van der Waals surface area contributed by atoms with Gasteiger partial charge < -0.3 is 26.2 Å². The number of amidine groups is 1. The van der Waals surface area contributed by atoms with Crippen molar-refractivity contribution in [3.05, 3.63) is 108 Å². The van der Waals surface area contributed by atoms with Crippen LogP contribution in [0.25, 0.3) is 10.8 Å². The third-order valence-corrected chi connectivity index (χ3v) is 5.83. The molecule has 0 unspecified atom stereocenters. The van der Waals surface area contributed by atoms with Crippen LogP contribution in [0.5, 0.6) is 5.75 Å². The summed E-state index contributed by atoms with van der Waals surface area (Å²) in [7, 11) is 0. The molecule has 0 bridgehead atoms. The zero-order valence-corrected chi connectivity index (χ0v) is 20.3. The Morgan fingerprint density at radius 2 is 1.53 bits per heavy atom. The summed E-state index contributed by atoms with van der Waals surface area (Å²) in [5.74, 6) is -1.61. The Labute approximate surface area is 218 Å². The van der Waals surface area contributed by atoms with Gasteiger partial charge in [0, 0.05) is 23.2 Å². The van der Waals surface area contributed by atoms with Gasteiger partial charge in [-0.15, -0.1) is 0 Å². The summed E-state index contributed by atoms with van der Waals surface area (Å²) < 4.78 is 5.51. The Kier molecular flexibility index (Phi) is 7.98. The van der Waals surface area contributed by atoms with E-state index in [1.165, 1.54) is 0 Å². The molecule has 0 fully saturated rings. The highest BCUT2D eigenvalue weighted by molar-refractivity contribution is 6.00. The van der Waals surface area contributed by atoms with Crippen LogP contribution in [0.3, 0.4) is 0 Å². The maximum Gasteiger partial charge on any atom is 0.326 e. The fourth-order valence-electron chi connectivity index (χ4n) is 3.81. The number of carboxylic acid groups (broad SMARTS) is 1. The lowest BCUT2D eigenvalue weighted by Crippen LogP contribution is -2.42. The van der Waals surface area contributed by atoms with Crippen LogP contribution in [0.4, 0.5) is 5.69 Å². The molecule has 4 aromatic carbocycles. The van der Waals surface area contributed by atoms with Crippen LogP contribution in [-0.4, -0.2) is 41.4 Å². The minimum atomic E-state index is -1.15. The first-order valence-electron chi connectivity index (χ1n) is 11.8. The van der Waals surface area contributed by atoms with Gasteiger partial charge in [-0.1, -0.05) is 42.5 Å². The van der Waals surface area contributed by atoms with Crippen LogP contribution in [0, 0.1) is 5.41 Å². The van der Waals surface area contributed by atoms with Crippen molar-refractivity contribution in [1.82, 2.24) is 5.32 Å². The lowest BCUT2D eigenvalue weighted by Gasteiger charge is -2.15. The zero-order valence-electron chi connectivity index (χ0n) is 20.3. The minimum absolute atomic E-state index is 0.0587. The van der Waals surface area contributed by atoms with E-state index in [-0.39, 0.29) is 24.8 Å². The van der Waals surface area contributed by atoms with E-state index in [0.717, 1.165) is 10.8 Å². The lowest BCUT2D eigenvalue weighted by molar-refractivity contribution is -0.139. The first-order valence-corrected chi connectivity index (χ1v) is 11.8. The van der Waals surface area contributed by atoms with Gasteiger partial charge >= 0.3 is 5.97 Å². The topological polar surface area (TPSA) is 155 Å². The molecule has 0 aromatic heterocycles. The Morgan fingerprint density at radius 1 is 0.868 bits per heavy atom. The average Bonchev–Trinajstić information content (AvgIpc) is 2.92. The normalized spacial score (nSPS) is 11.4. The maximum atomic E-state index is 12.7. The molecule has 0 aliphatic rings. The van der Waals surface area contributed by atoms with Gasteiger partial charge in [0.1, 0.15) is 17.6 Å². The number of aliphatic carboxylic acids is 1. The maximum absolute atomic E-state index is 12.7. The molecule has 2 amide bonds. The number of rotatable bonds is 10. The van der Waals surface area contributed by atoms with Gasteiger partial charge in [0.15, 0.2) is 6.61 Å². The van der Waals surface area contributed by atoms with Gasteiger partial charge in [-0.25, -0.2) is 4.79 Å². The van der Waals surface area contributed by atoms with Crippen molar-refractivity contribution in [3.8, 4) is 5.75 Å². The Balaban J connectivity index is 1.30. The highest BCUT2D eigenvalue weighted by Gasteiger charge is 2.21. The number of benzene rings is 4. The predicted molar refractivity (Wildman–Crippen MR) is 145 cm³/mol. The van der Waals surface area contributed by atoms with Crippen molar-refractivity contribution in [2.24, 2.45) is 5.73 Å². The number of hydrogen-bond donors (Lipinski definition) is 5. The fraction of sp³-hybridized carbons (Fsp3) is 0.103. The first kappa shape index (κ1) is 25.9. The third-order valence-electron chi connectivity index (χ3n) is 5.83. The van der Waals surface area contributed by atoms with Crippen molar-refractivity contribution >= 4 is 40.1 Å². The summed E-state index contributed by atoms with van der Waals surface area (Å²) in [5.41, 5.74) is 7.58. The number of carbonyl (C=O) groups excluding carboxylic acids is 2. The van der Waals surface area contributed by atoms with Gasteiger partial charge in [-0.3, -0.25) is 15.0 Å². The largest absolute Gasteiger partial charge is 0.484 e. The minimum Gasteiger partial charge on any atom is -0.484 e. The first-order chi connectivity index (χ1) is 18.3. The molecule has 0 radical (unpaired) electrons. The molecule has 1 atom stereocenters. The third kappa shape index (κ3) is 6.73. The fourth-order valence-corrected chi connectivity index (χ4v) is 3.81. The summed E-state index contributed by atoms with van der Waals surface area (Å²) in [6.45, 7) is -0.229. The van der Waals surface area contributed by atoms with E-state index < -0.39 is 17.9 Å². The molecule has 0 spiro atoms. The molecule has 0 aliphatic heterocycles. The van der Waals surface area contributed by atoms with E-state index in [0.29, 0.717) is 28.1 Å². The summed E-state index contributed by atoms with van der Waals surface area (Å²) in [6.07, 6.45) is 0.0751. The summed E-state index contributed by atoms with van der Waals surface area (Å²) >= 11 is 0. The van der Waals surface area contributed by atoms with E-state index in [1.807, 2.05) is 30.3 Å². The SMILES string of the molecule is N=C(N)c1ccc(NC(=O)COc2ccc(C[C@H](NC(=O)c3ccc4ccccc4c3)C(=O)O)cc2)cc1. The molecule has 0 heterocycles. The molecular formula is C29H26N4O5. The summed E-state index contributed by atoms with van der Waals surface area (Å²) in [6, 6.07) is 24.9. The van der Waals surface area contributed by atoms with Gasteiger partial charge in [0.25, 0.3) is 11.8 Å². The van der Waals surface area contributed by atoms with E-state index >= 15 is 0 Å². The number of nitrogen functional groups attached to an aromatic ring is 1. The molecule has 38 heavy (non-hydrogen) atoms. The van der Waals surface area contributed by atoms with Gasteiger partial charge in [-0.05, 0) is 64.9 Å². The van der Waals surface area contributed by atoms with Gasteiger partial charge in [-0.2, -0.15) is 0 Å². The number of amides is 2. The van der Waals surface area contributed by atoms with E-state index in [9.17, 15) is 19.5 Å². The highest BCUT2D eigenvalue weighted by Crippen LogP contribution is 2.17. The van der Waals surface area contributed by atoms with Gasteiger partial charge in [0.05, 0.1) is 0 Å². The smallest absolute Gasteiger partial charge is 0.326 e. The molecular weight excluding hydrogens is 484 g/mol.